The van der Waals surface area contributed by atoms with Crippen LogP contribution in [0, 0.1) is 0 Å². The third kappa shape index (κ3) is 4.46. The molecule has 3 aromatic heterocycles. The van der Waals surface area contributed by atoms with E-state index in [0.29, 0.717) is 6.54 Å². The lowest BCUT2D eigenvalue weighted by atomic mass is 10.1. The summed E-state index contributed by atoms with van der Waals surface area (Å²) in [6.07, 6.45) is 1.73. The van der Waals surface area contributed by atoms with Crippen LogP contribution in [0.5, 0.6) is 0 Å². The molecule has 6 nitrogen and oxygen atoms in total. The van der Waals surface area contributed by atoms with E-state index in [0.717, 1.165) is 38.3 Å². The van der Waals surface area contributed by atoms with Gasteiger partial charge in [-0.1, -0.05) is 42.5 Å². The molecule has 168 valence electrons. The number of carboxylic acid groups (broad SMARTS) is 1. The summed E-state index contributed by atoms with van der Waals surface area (Å²) in [5.41, 5.74) is 4.81. The summed E-state index contributed by atoms with van der Waals surface area (Å²) < 4.78 is 2.05. The second-order valence-corrected chi connectivity index (χ2v) is 8.80. The van der Waals surface area contributed by atoms with Gasteiger partial charge in [0.25, 0.3) is 0 Å². The van der Waals surface area contributed by atoms with Gasteiger partial charge in [-0.25, -0.2) is 4.79 Å². The molecule has 0 saturated carbocycles. The maximum Gasteiger partial charge on any atom is 0.335 e. The highest BCUT2D eigenvalue weighted by atomic mass is 32.1. The molecule has 3 heterocycles. The predicted molar refractivity (Wildman–Crippen MR) is 134 cm³/mol. The number of rotatable bonds is 7. The fourth-order valence-corrected chi connectivity index (χ4v) is 4.65. The molecule has 0 saturated heterocycles. The number of hydrogen-bond acceptors (Lipinski definition) is 4. The number of aromatic carboxylic acids is 1. The smallest absolute Gasteiger partial charge is 0.335 e. The molecule has 2 aromatic carbocycles. The minimum atomic E-state index is -0.953. The van der Waals surface area contributed by atoms with E-state index in [9.17, 15) is 9.59 Å². The Kier molecular flexibility index (Phi) is 5.93. The van der Waals surface area contributed by atoms with Gasteiger partial charge >= 0.3 is 5.97 Å². The lowest BCUT2D eigenvalue weighted by Crippen LogP contribution is -2.27. The number of para-hydroxylation sites is 1. The molecule has 5 rings (SSSR count). The predicted octanol–water partition coefficient (Wildman–Crippen LogP) is 5.45. The van der Waals surface area contributed by atoms with Crippen molar-refractivity contribution in [2.75, 3.05) is 0 Å². The van der Waals surface area contributed by atoms with Gasteiger partial charge in [-0.2, -0.15) is 0 Å². The number of aromatic nitrogens is 2. The van der Waals surface area contributed by atoms with E-state index in [-0.39, 0.29) is 18.0 Å². The normalized spacial score (nSPS) is 10.9. The number of benzene rings is 2. The number of carboxylic acids is 1. The summed E-state index contributed by atoms with van der Waals surface area (Å²) in [6.45, 7) is 0.541. The first kappa shape index (κ1) is 21.6. The number of amides is 1. The van der Waals surface area contributed by atoms with Crippen LogP contribution in [0.15, 0.2) is 90.4 Å². The first-order valence-corrected chi connectivity index (χ1v) is 11.6. The van der Waals surface area contributed by atoms with Gasteiger partial charge in [-0.05, 0) is 47.3 Å². The Bertz CT molecular complexity index is 1450. The van der Waals surface area contributed by atoms with Crippen molar-refractivity contribution in [3.63, 3.8) is 0 Å². The zero-order valence-corrected chi connectivity index (χ0v) is 19.0. The SMILES string of the molecule is O=C(Cn1c(-c2cccs2)cc2ccccc21)NCc1ccc(-c2ccc(C(=O)O)cc2)cn1. The fraction of sp³-hybridized carbons (Fsp3) is 0.0741. The summed E-state index contributed by atoms with van der Waals surface area (Å²) in [5.74, 6) is -1.04. The molecule has 0 aliphatic heterocycles. The number of hydrogen-bond donors (Lipinski definition) is 2. The first-order valence-electron chi connectivity index (χ1n) is 10.8. The van der Waals surface area contributed by atoms with Gasteiger partial charge in [-0.3, -0.25) is 9.78 Å². The van der Waals surface area contributed by atoms with E-state index >= 15 is 0 Å². The van der Waals surface area contributed by atoms with Crippen molar-refractivity contribution in [2.45, 2.75) is 13.1 Å². The van der Waals surface area contributed by atoms with Crippen molar-refractivity contribution in [2.24, 2.45) is 0 Å². The van der Waals surface area contributed by atoms with E-state index in [1.165, 1.54) is 0 Å². The molecule has 0 aliphatic carbocycles. The van der Waals surface area contributed by atoms with Crippen LogP contribution in [-0.2, 0) is 17.9 Å². The van der Waals surface area contributed by atoms with Crippen LogP contribution in [0.2, 0.25) is 0 Å². The Labute approximate surface area is 200 Å². The minimum absolute atomic E-state index is 0.0886. The Balaban J connectivity index is 1.27. The topological polar surface area (TPSA) is 84.2 Å². The van der Waals surface area contributed by atoms with Crippen LogP contribution in [0.3, 0.4) is 0 Å². The van der Waals surface area contributed by atoms with Gasteiger partial charge in [-0.15, -0.1) is 11.3 Å². The molecule has 2 N–H and O–H groups in total. The lowest BCUT2D eigenvalue weighted by molar-refractivity contribution is -0.121. The van der Waals surface area contributed by atoms with Crippen LogP contribution in [0.25, 0.3) is 32.6 Å². The molecule has 5 aromatic rings. The molecule has 0 unspecified atom stereocenters. The standard InChI is InChI=1S/C27H21N3O3S/c31-26(17-30-23-5-2-1-4-20(23)14-24(30)25-6-3-13-34-25)29-16-22-12-11-21(15-28-22)18-7-9-19(10-8-18)27(32)33/h1-15H,16-17H2,(H,29,31)(H,32,33). The number of nitrogens with one attached hydrogen (secondary N) is 1. The zero-order chi connectivity index (χ0) is 23.5. The molecule has 0 fully saturated rings. The molecule has 7 heteroatoms. The number of nitrogens with zero attached hydrogens (tertiary/aromatic N) is 2. The maximum absolute atomic E-state index is 12.8. The first-order chi connectivity index (χ1) is 16.6. The lowest BCUT2D eigenvalue weighted by Gasteiger charge is -2.11. The molecule has 0 aliphatic rings. The minimum Gasteiger partial charge on any atom is -0.478 e. The summed E-state index contributed by atoms with van der Waals surface area (Å²) >= 11 is 1.65. The third-order valence-electron chi connectivity index (χ3n) is 5.64. The highest BCUT2D eigenvalue weighted by Crippen LogP contribution is 2.31. The van der Waals surface area contributed by atoms with Gasteiger partial charge < -0.3 is 15.0 Å². The van der Waals surface area contributed by atoms with Crippen LogP contribution in [-0.4, -0.2) is 26.5 Å². The highest BCUT2D eigenvalue weighted by Gasteiger charge is 2.14. The number of carbonyl (C=O) groups is 2. The average molecular weight is 468 g/mol. The quantitative estimate of drug-likeness (QED) is 0.334. The average Bonchev–Trinajstić information content (AvgIpc) is 3.52. The fourth-order valence-electron chi connectivity index (χ4n) is 3.90. The Morgan fingerprint density at radius 3 is 2.44 bits per heavy atom. The van der Waals surface area contributed by atoms with Gasteiger partial charge in [0.2, 0.25) is 5.91 Å². The van der Waals surface area contributed by atoms with Crippen molar-refractivity contribution >= 4 is 34.1 Å². The molecule has 0 atom stereocenters. The van der Waals surface area contributed by atoms with E-state index in [1.807, 2.05) is 46.3 Å². The number of fused-ring (bicyclic) bond motifs is 1. The van der Waals surface area contributed by atoms with Gasteiger partial charge in [0.1, 0.15) is 6.54 Å². The Hall–Kier alpha value is -4.23. The van der Waals surface area contributed by atoms with Gasteiger partial charge in [0, 0.05) is 22.7 Å². The summed E-state index contributed by atoms with van der Waals surface area (Å²) in [6, 6.07) is 24.7. The van der Waals surface area contributed by atoms with E-state index < -0.39 is 5.97 Å². The molecule has 34 heavy (non-hydrogen) atoms. The maximum atomic E-state index is 12.8. The largest absolute Gasteiger partial charge is 0.478 e. The van der Waals surface area contributed by atoms with Crippen molar-refractivity contribution in [1.82, 2.24) is 14.9 Å². The number of pyridine rings is 1. The third-order valence-corrected chi connectivity index (χ3v) is 6.53. The highest BCUT2D eigenvalue weighted by molar-refractivity contribution is 7.13. The van der Waals surface area contributed by atoms with Gasteiger partial charge in [0.05, 0.1) is 28.4 Å². The zero-order valence-electron chi connectivity index (χ0n) is 18.1. The van der Waals surface area contributed by atoms with Crippen LogP contribution < -0.4 is 5.32 Å². The number of thiophene rings is 1. The molecule has 0 bridgehead atoms. The Morgan fingerprint density at radius 2 is 1.74 bits per heavy atom. The second kappa shape index (κ2) is 9.33. The van der Waals surface area contributed by atoms with Crippen LogP contribution >= 0.6 is 11.3 Å². The molecule has 1 amide bonds. The second-order valence-electron chi connectivity index (χ2n) is 7.85. The van der Waals surface area contributed by atoms with E-state index in [4.69, 9.17) is 5.11 Å². The summed E-state index contributed by atoms with van der Waals surface area (Å²) in [4.78, 5) is 29.4. The molecule has 0 spiro atoms. The van der Waals surface area contributed by atoms with Crippen molar-refractivity contribution in [3.8, 4) is 21.7 Å². The van der Waals surface area contributed by atoms with Crippen molar-refractivity contribution in [1.29, 1.82) is 0 Å². The summed E-state index contributed by atoms with van der Waals surface area (Å²) in [5, 5.41) is 15.1. The van der Waals surface area contributed by atoms with Crippen LogP contribution in [0.4, 0.5) is 0 Å². The van der Waals surface area contributed by atoms with Crippen molar-refractivity contribution in [3.05, 3.63) is 102 Å². The molecular formula is C27H21N3O3S. The van der Waals surface area contributed by atoms with Crippen molar-refractivity contribution < 1.29 is 14.7 Å². The van der Waals surface area contributed by atoms with Gasteiger partial charge in [0.15, 0.2) is 0 Å². The molecular weight excluding hydrogens is 446 g/mol. The molecule has 0 radical (unpaired) electrons. The van der Waals surface area contributed by atoms with E-state index in [2.05, 4.69) is 28.5 Å². The monoisotopic (exact) mass is 467 g/mol. The summed E-state index contributed by atoms with van der Waals surface area (Å²) in [7, 11) is 0. The number of carbonyl (C=O) groups excluding carboxylic acids is 1. The Morgan fingerprint density at radius 1 is 0.941 bits per heavy atom. The van der Waals surface area contributed by atoms with Crippen LogP contribution in [0.1, 0.15) is 16.1 Å². The van der Waals surface area contributed by atoms with E-state index in [1.54, 1.807) is 41.8 Å².